The van der Waals surface area contributed by atoms with Gasteiger partial charge < -0.3 is 4.90 Å². The van der Waals surface area contributed by atoms with Crippen LogP contribution < -0.4 is 0 Å². The number of hydrogen-bond acceptors (Lipinski definition) is 2. The van der Waals surface area contributed by atoms with Gasteiger partial charge in [-0.3, -0.25) is 0 Å². The number of hydrogen-bond donors (Lipinski definition) is 0. The normalized spacial score (nSPS) is 37.5. The van der Waals surface area contributed by atoms with Crippen LogP contribution in [-0.4, -0.2) is 35.5 Å². The zero-order chi connectivity index (χ0) is 7.56. The van der Waals surface area contributed by atoms with Crippen molar-refractivity contribution in [2.45, 2.75) is 30.8 Å². The number of rotatable bonds is 0. The van der Waals surface area contributed by atoms with Gasteiger partial charge >= 0.3 is 0 Å². The van der Waals surface area contributed by atoms with Gasteiger partial charge in [-0.1, -0.05) is 13.8 Å². The third kappa shape index (κ3) is 2.51. The number of nitrogens with zero attached hydrogens (tertiary/aromatic N) is 1. The molecular weight excluding hydrogens is 142 g/mol. The summed E-state index contributed by atoms with van der Waals surface area (Å²) in [7, 11) is 2.22. The van der Waals surface area contributed by atoms with Crippen molar-refractivity contribution in [3.8, 4) is 0 Å². The van der Waals surface area contributed by atoms with Gasteiger partial charge in [-0.25, -0.2) is 0 Å². The number of thioether (sulfide) groups is 1. The van der Waals surface area contributed by atoms with Crippen LogP contribution in [0.25, 0.3) is 0 Å². The van der Waals surface area contributed by atoms with Gasteiger partial charge in [-0.05, 0) is 20.0 Å². The molecule has 1 aliphatic heterocycles. The van der Waals surface area contributed by atoms with Gasteiger partial charge in [-0.15, -0.1) is 0 Å². The van der Waals surface area contributed by atoms with E-state index in [-0.39, 0.29) is 0 Å². The lowest BCUT2D eigenvalue weighted by atomic mass is 10.3. The fraction of sp³-hybridized carbons (Fsp3) is 1.00. The van der Waals surface area contributed by atoms with E-state index in [0.717, 1.165) is 10.5 Å². The molecule has 60 valence electrons. The highest BCUT2D eigenvalue weighted by Crippen LogP contribution is 2.23. The van der Waals surface area contributed by atoms with E-state index in [0.29, 0.717) is 0 Å². The Kier molecular flexibility index (Phi) is 3.05. The fourth-order valence-electron chi connectivity index (χ4n) is 1.44. The Bertz CT molecular complexity index is 93.4. The van der Waals surface area contributed by atoms with Crippen molar-refractivity contribution in [1.29, 1.82) is 0 Å². The predicted molar refractivity (Wildman–Crippen MR) is 48.6 cm³/mol. The molecule has 1 rings (SSSR count). The largest absolute Gasteiger partial charge is 0.305 e. The SMILES string of the molecule is CC1CCN(C)CC(C)S1. The molecule has 0 aromatic heterocycles. The van der Waals surface area contributed by atoms with Crippen LogP contribution in [0.3, 0.4) is 0 Å². The highest BCUT2D eigenvalue weighted by Gasteiger charge is 2.16. The summed E-state index contributed by atoms with van der Waals surface area (Å²) >= 11 is 2.12. The molecule has 2 unspecified atom stereocenters. The van der Waals surface area contributed by atoms with E-state index < -0.39 is 0 Å². The Balaban J connectivity index is 2.38. The molecule has 1 aliphatic rings. The monoisotopic (exact) mass is 159 g/mol. The highest BCUT2D eigenvalue weighted by molar-refractivity contribution is 8.00. The van der Waals surface area contributed by atoms with Crippen LogP contribution in [0.4, 0.5) is 0 Å². The van der Waals surface area contributed by atoms with Crippen LogP contribution in [0, 0.1) is 0 Å². The first-order valence-corrected chi connectivity index (χ1v) is 4.97. The van der Waals surface area contributed by atoms with Gasteiger partial charge in [0.15, 0.2) is 0 Å². The molecule has 0 spiro atoms. The molecule has 2 atom stereocenters. The van der Waals surface area contributed by atoms with Crippen molar-refractivity contribution in [3.05, 3.63) is 0 Å². The van der Waals surface area contributed by atoms with Crippen LogP contribution in [0.15, 0.2) is 0 Å². The average molecular weight is 159 g/mol. The molecule has 0 aromatic rings. The van der Waals surface area contributed by atoms with Crippen molar-refractivity contribution in [2.75, 3.05) is 20.1 Å². The fourth-order valence-corrected chi connectivity index (χ4v) is 2.82. The zero-order valence-electron chi connectivity index (χ0n) is 7.13. The molecule has 0 saturated carbocycles. The van der Waals surface area contributed by atoms with Crippen LogP contribution in [-0.2, 0) is 0 Å². The molecule has 0 bridgehead atoms. The Morgan fingerprint density at radius 3 is 2.70 bits per heavy atom. The first-order valence-electron chi connectivity index (χ1n) is 4.02. The van der Waals surface area contributed by atoms with Crippen molar-refractivity contribution in [3.63, 3.8) is 0 Å². The molecule has 0 aliphatic carbocycles. The van der Waals surface area contributed by atoms with Crippen LogP contribution in [0.5, 0.6) is 0 Å². The summed E-state index contributed by atoms with van der Waals surface area (Å²) in [5, 5.41) is 1.68. The quantitative estimate of drug-likeness (QED) is 0.530. The molecular formula is C8H17NS. The van der Waals surface area contributed by atoms with Gasteiger partial charge in [0, 0.05) is 17.0 Å². The maximum absolute atomic E-state index is 2.43. The van der Waals surface area contributed by atoms with E-state index in [4.69, 9.17) is 0 Å². The van der Waals surface area contributed by atoms with Crippen LogP contribution in [0.2, 0.25) is 0 Å². The molecule has 0 N–H and O–H groups in total. The summed E-state index contributed by atoms with van der Waals surface area (Å²) in [5.74, 6) is 0. The predicted octanol–water partition coefficient (Wildman–Crippen LogP) is 1.83. The zero-order valence-corrected chi connectivity index (χ0v) is 7.95. The third-order valence-corrected chi connectivity index (χ3v) is 3.26. The highest BCUT2D eigenvalue weighted by atomic mass is 32.2. The second-order valence-electron chi connectivity index (χ2n) is 3.31. The first kappa shape index (κ1) is 8.41. The van der Waals surface area contributed by atoms with Crippen LogP contribution in [0.1, 0.15) is 20.3 Å². The smallest absolute Gasteiger partial charge is 0.0149 e. The maximum atomic E-state index is 2.43. The summed E-state index contributed by atoms with van der Waals surface area (Å²) in [4.78, 5) is 2.43. The molecule has 0 aromatic carbocycles. The third-order valence-electron chi connectivity index (χ3n) is 1.95. The van der Waals surface area contributed by atoms with Gasteiger partial charge in [0.25, 0.3) is 0 Å². The summed E-state index contributed by atoms with van der Waals surface area (Å²) < 4.78 is 0. The lowest BCUT2D eigenvalue weighted by molar-refractivity contribution is 0.341. The molecule has 2 heteroatoms. The maximum Gasteiger partial charge on any atom is 0.0149 e. The molecule has 0 radical (unpaired) electrons. The van der Waals surface area contributed by atoms with Crippen LogP contribution >= 0.6 is 11.8 Å². The Morgan fingerprint density at radius 2 is 2.00 bits per heavy atom. The molecule has 1 fully saturated rings. The molecule has 10 heavy (non-hydrogen) atoms. The molecule has 1 nitrogen and oxygen atoms in total. The van der Waals surface area contributed by atoms with E-state index >= 15 is 0 Å². The van der Waals surface area contributed by atoms with E-state index in [1.54, 1.807) is 0 Å². The first-order chi connectivity index (χ1) is 4.68. The minimum atomic E-state index is 0.822. The van der Waals surface area contributed by atoms with Crippen molar-refractivity contribution in [1.82, 2.24) is 4.90 Å². The summed E-state index contributed by atoms with van der Waals surface area (Å²) in [6.07, 6.45) is 1.35. The van der Waals surface area contributed by atoms with Crippen molar-refractivity contribution in [2.24, 2.45) is 0 Å². The Hall–Kier alpha value is 0.310. The molecule has 1 heterocycles. The Morgan fingerprint density at radius 1 is 1.30 bits per heavy atom. The lowest BCUT2D eigenvalue weighted by Crippen LogP contribution is -2.24. The summed E-state index contributed by atoms with van der Waals surface area (Å²) in [5.41, 5.74) is 0. The van der Waals surface area contributed by atoms with Gasteiger partial charge in [0.1, 0.15) is 0 Å². The van der Waals surface area contributed by atoms with E-state index in [1.165, 1.54) is 19.5 Å². The van der Waals surface area contributed by atoms with E-state index in [1.807, 2.05) is 0 Å². The molecule has 0 amide bonds. The molecule has 1 saturated heterocycles. The van der Waals surface area contributed by atoms with Gasteiger partial charge in [-0.2, -0.15) is 11.8 Å². The standard InChI is InChI=1S/C8H17NS/c1-7-4-5-9(3)6-8(2)10-7/h7-8H,4-6H2,1-3H3. The minimum Gasteiger partial charge on any atom is -0.305 e. The second-order valence-corrected chi connectivity index (χ2v) is 5.19. The van der Waals surface area contributed by atoms with E-state index in [2.05, 4.69) is 37.6 Å². The average Bonchev–Trinajstić information content (AvgIpc) is 1.93. The van der Waals surface area contributed by atoms with E-state index in [9.17, 15) is 0 Å². The topological polar surface area (TPSA) is 3.24 Å². The van der Waals surface area contributed by atoms with Crippen molar-refractivity contribution >= 4 is 11.8 Å². The van der Waals surface area contributed by atoms with Gasteiger partial charge in [0.2, 0.25) is 0 Å². The summed E-state index contributed by atoms with van der Waals surface area (Å²) in [6, 6.07) is 0. The van der Waals surface area contributed by atoms with Crippen molar-refractivity contribution < 1.29 is 0 Å². The van der Waals surface area contributed by atoms with Gasteiger partial charge in [0.05, 0.1) is 0 Å². The lowest BCUT2D eigenvalue weighted by Gasteiger charge is -2.14. The second kappa shape index (κ2) is 3.63. The summed E-state index contributed by atoms with van der Waals surface area (Å²) in [6.45, 7) is 7.19. The minimum absolute atomic E-state index is 0.822. The Labute approximate surface area is 68.2 Å².